The smallest absolute Gasteiger partial charge is 0.457 e. The van der Waals surface area contributed by atoms with E-state index in [0.717, 1.165) is 70.6 Å². The van der Waals surface area contributed by atoms with Gasteiger partial charge in [0.1, 0.15) is 12.2 Å². The van der Waals surface area contributed by atoms with Gasteiger partial charge in [0.25, 0.3) is 0 Å². The summed E-state index contributed by atoms with van der Waals surface area (Å²) in [6.45, 7) is 3.47. The minimum atomic E-state index is -4.52. The van der Waals surface area contributed by atoms with Crippen molar-refractivity contribution in [3.8, 4) is 0 Å². The molecule has 0 aliphatic carbocycles. The molecule has 57 heavy (non-hydrogen) atoms. The van der Waals surface area contributed by atoms with E-state index in [2.05, 4.69) is 62.5 Å². The molecule has 0 saturated carbocycles. The number of aliphatic hydroxyl groups excluding tert-OH is 2. The highest BCUT2D eigenvalue weighted by Crippen LogP contribution is 2.43. The van der Waals surface area contributed by atoms with Crippen LogP contribution in [0.5, 0.6) is 0 Å². The average Bonchev–Trinajstić information content (AvgIpc) is 3.20. The van der Waals surface area contributed by atoms with Crippen molar-refractivity contribution >= 4 is 13.8 Å². The van der Waals surface area contributed by atoms with Gasteiger partial charge in [-0.2, -0.15) is 0 Å². The third kappa shape index (κ3) is 43.8. The number of phosphoric acid groups is 1. The minimum Gasteiger partial charge on any atom is -0.457 e. The van der Waals surface area contributed by atoms with Gasteiger partial charge in [-0.05, 0) is 77.0 Å². The number of carbonyl (C=O) groups is 1. The minimum absolute atomic E-state index is 0.0386. The van der Waals surface area contributed by atoms with E-state index in [4.69, 9.17) is 23.6 Å². The summed E-state index contributed by atoms with van der Waals surface area (Å²) in [5.41, 5.74) is 0. The molecule has 0 aromatic rings. The van der Waals surface area contributed by atoms with E-state index in [1.165, 1.54) is 103 Å². The van der Waals surface area contributed by atoms with Crippen molar-refractivity contribution in [3.05, 3.63) is 48.6 Å². The van der Waals surface area contributed by atoms with Crippen LogP contribution >= 0.6 is 7.82 Å². The molecule has 3 N–H and O–H groups in total. The third-order valence-electron chi connectivity index (χ3n) is 9.74. The Labute approximate surface area is 349 Å². The average molecular weight is 827 g/mol. The molecule has 0 fully saturated rings. The van der Waals surface area contributed by atoms with Crippen LogP contribution in [0.15, 0.2) is 48.6 Å². The van der Waals surface area contributed by atoms with Crippen LogP contribution in [0.3, 0.4) is 0 Å². The molecule has 3 unspecified atom stereocenters. The van der Waals surface area contributed by atoms with Crippen molar-refractivity contribution in [1.82, 2.24) is 0 Å². The van der Waals surface area contributed by atoms with Crippen LogP contribution in [-0.4, -0.2) is 66.3 Å². The Morgan fingerprint density at radius 3 is 1.44 bits per heavy atom. The number of phosphoric ester groups is 1. The van der Waals surface area contributed by atoms with E-state index >= 15 is 0 Å². The molecule has 9 nitrogen and oxygen atoms in total. The van der Waals surface area contributed by atoms with E-state index in [1.54, 1.807) is 0 Å². The number of carbonyl (C=O) groups excluding carboxylic acids is 1. The fourth-order valence-electron chi connectivity index (χ4n) is 6.18. The normalized spacial score (nSPS) is 14.4. The van der Waals surface area contributed by atoms with Crippen molar-refractivity contribution in [3.63, 3.8) is 0 Å². The number of hydrogen-bond donors (Lipinski definition) is 3. The second kappa shape index (κ2) is 44.0. The Hall–Kier alpha value is -1.58. The van der Waals surface area contributed by atoms with Crippen LogP contribution in [0, 0.1) is 0 Å². The molecule has 0 aromatic heterocycles. The van der Waals surface area contributed by atoms with Crippen LogP contribution in [0.4, 0.5) is 0 Å². The molecule has 0 radical (unpaired) electrons. The zero-order valence-corrected chi connectivity index (χ0v) is 37.4. The molecule has 10 heteroatoms. The fraction of sp³-hybridized carbons (Fsp3) is 0.809. The van der Waals surface area contributed by atoms with Crippen molar-refractivity contribution in [1.29, 1.82) is 0 Å². The largest absolute Gasteiger partial charge is 0.472 e. The lowest BCUT2D eigenvalue weighted by Crippen LogP contribution is -2.29. The van der Waals surface area contributed by atoms with E-state index in [0.29, 0.717) is 13.0 Å². The van der Waals surface area contributed by atoms with Crippen molar-refractivity contribution in [2.24, 2.45) is 0 Å². The van der Waals surface area contributed by atoms with Gasteiger partial charge in [0.15, 0.2) is 0 Å². The predicted molar refractivity (Wildman–Crippen MR) is 237 cm³/mol. The second-order valence-electron chi connectivity index (χ2n) is 15.4. The van der Waals surface area contributed by atoms with Crippen molar-refractivity contribution in [2.75, 3.05) is 33.0 Å². The number of rotatable bonds is 44. The number of aliphatic hydroxyl groups is 2. The lowest BCUT2D eigenvalue weighted by atomic mass is 10.1. The number of esters is 1. The van der Waals surface area contributed by atoms with Crippen LogP contribution in [0.1, 0.15) is 200 Å². The summed E-state index contributed by atoms with van der Waals surface area (Å²) >= 11 is 0. The Kier molecular flexibility index (Phi) is 42.8. The first-order valence-corrected chi connectivity index (χ1v) is 24.6. The highest BCUT2D eigenvalue weighted by molar-refractivity contribution is 7.47. The molecule has 0 heterocycles. The Morgan fingerprint density at radius 1 is 0.544 bits per heavy atom. The van der Waals surface area contributed by atoms with E-state index in [1.807, 2.05) is 0 Å². The first kappa shape index (κ1) is 55.4. The molecular weight excluding hydrogens is 739 g/mol. The van der Waals surface area contributed by atoms with Gasteiger partial charge in [0, 0.05) is 13.0 Å². The van der Waals surface area contributed by atoms with Gasteiger partial charge in [-0.15, -0.1) is 0 Å². The molecule has 0 aliphatic rings. The van der Waals surface area contributed by atoms with Gasteiger partial charge < -0.3 is 24.6 Å². The highest BCUT2D eigenvalue weighted by Gasteiger charge is 2.26. The van der Waals surface area contributed by atoms with E-state index in [9.17, 15) is 19.4 Å². The molecule has 0 spiro atoms. The summed E-state index contributed by atoms with van der Waals surface area (Å²) in [5, 5.41) is 18.4. The lowest BCUT2D eigenvalue weighted by Gasteiger charge is -2.20. The number of unbranched alkanes of at least 4 members (excludes halogenated alkanes) is 22. The molecule has 0 amide bonds. The van der Waals surface area contributed by atoms with Crippen LogP contribution < -0.4 is 0 Å². The molecule has 0 saturated heterocycles. The zero-order valence-electron chi connectivity index (χ0n) is 36.6. The summed E-state index contributed by atoms with van der Waals surface area (Å²) in [5.74, 6) is -0.396. The van der Waals surface area contributed by atoms with E-state index < -0.39 is 39.2 Å². The third-order valence-corrected chi connectivity index (χ3v) is 10.7. The molecule has 3 atom stereocenters. The standard InChI is InChI=1S/C47H87O9P/c1-3-5-7-9-11-13-15-17-19-20-21-22-23-24-25-26-28-30-32-34-36-38-40-53-43-46(44-55-57(51,52)54-42-45(49)41-48)56-47(50)39-37-35-33-31-29-27-18-16-14-12-10-8-6-4-2/h15-18,20-21,23-24,45-46,48-49H,3-14,19,22,25-44H2,1-2H3,(H,51,52)/b17-15-,18-16-,21-20-,24-23-. The maximum absolute atomic E-state index is 12.6. The molecule has 0 rings (SSSR count). The van der Waals surface area contributed by atoms with Gasteiger partial charge in [0.05, 0.1) is 26.4 Å². The Balaban J connectivity index is 4.15. The zero-order chi connectivity index (χ0) is 41.8. The highest BCUT2D eigenvalue weighted by atomic mass is 31.2. The predicted octanol–water partition coefficient (Wildman–Crippen LogP) is 13.0. The van der Waals surface area contributed by atoms with Gasteiger partial charge in [-0.1, -0.05) is 165 Å². The van der Waals surface area contributed by atoms with Crippen LogP contribution in [0.25, 0.3) is 0 Å². The SMILES string of the molecule is CCCCCCC/C=C\C/C=C\C/C=C\CCCCCCCCCOCC(COP(=O)(O)OCC(O)CO)OC(=O)CCCCCCC/C=C\CCCCCCC. The molecular formula is C47H87O9P. The van der Waals surface area contributed by atoms with E-state index in [-0.39, 0.29) is 19.6 Å². The molecule has 0 aliphatic heterocycles. The fourth-order valence-corrected chi connectivity index (χ4v) is 6.97. The van der Waals surface area contributed by atoms with Crippen molar-refractivity contribution < 1.29 is 43.0 Å². The summed E-state index contributed by atoms with van der Waals surface area (Å²) in [6, 6.07) is 0. The lowest BCUT2D eigenvalue weighted by molar-refractivity contribution is -0.154. The first-order chi connectivity index (χ1) is 27.8. The van der Waals surface area contributed by atoms with Gasteiger partial charge >= 0.3 is 13.8 Å². The monoisotopic (exact) mass is 827 g/mol. The van der Waals surface area contributed by atoms with Gasteiger partial charge in [0.2, 0.25) is 0 Å². The summed E-state index contributed by atoms with van der Waals surface area (Å²) < 4.78 is 33.4. The quantitative estimate of drug-likeness (QED) is 0.0238. The Bertz CT molecular complexity index is 1030. The summed E-state index contributed by atoms with van der Waals surface area (Å²) in [6.07, 6.45) is 49.3. The molecule has 334 valence electrons. The Morgan fingerprint density at radius 2 is 0.947 bits per heavy atom. The van der Waals surface area contributed by atoms with Crippen LogP contribution in [0.2, 0.25) is 0 Å². The van der Waals surface area contributed by atoms with Crippen molar-refractivity contribution in [2.45, 2.75) is 212 Å². The maximum atomic E-state index is 12.6. The van der Waals surface area contributed by atoms with Crippen LogP contribution in [-0.2, 0) is 27.9 Å². The van der Waals surface area contributed by atoms with Gasteiger partial charge in [-0.3, -0.25) is 13.8 Å². The maximum Gasteiger partial charge on any atom is 0.472 e. The molecule has 0 bridgehead atoms. The molecule has 0 aromatic carbocycles. The van der Waals surface area contributed by atoms with Gasteiger partial charge in [-0.25, -0.2) is 4.57 Å². The number of ether oxygens (including phenoxy) is 2. The summed E-state index contributed by atoms with van der Waals surface area (Å²) in [4.78, 5) is 22.6. The first-order valence-electron chi connectivity index (χ1n) is 23.1. The summed E-state index contributed by atoms with van der Waals surface area (Å²) in [7, 11) is -4.52. The second-order valence-corrected chi connectivity index (χ2v) is 16.9. The topological polar surface area (TPSA) is 132 Å². The number of hydrogen-bond acceptors (Lipinski definition) is 8. The number of allylic oxidation sites excluding steroid dienone is 8.